The molecule has 1 aliphatic rings. The third kappa shape index (κ3) is 3.25. The van der Waals surface area contributed by atoms with Crippen LogP contribution in [0.1, 0.15) is 11.6 Å². The van der Waals surface area contributed by atoms with Crippen molar-refractivity contribution in [1.82, 2.24) is 20.3 Å². The Kier molecular flexibility index (Phi) is 4.53. The molecule has 0 bridgehead atoms. The predicted molar refractivity (Wildman–Crippen MR) is 95.9 cm³/mol. The molecule has 1 aliphatic heterocycles. The van der Waals surface area contributed by atoms with Crippen LogP contribution in [-0.4, -0.2) is 59.1 Å². The summed E-state index contributed by atoms with van der Waals surface area (Å²) in [6.45, 7) is 1.07. The fourth-order valence-electron chi connectivity index (χ4n) is 3.38. The van der Waals surface area contributed by atoms with E-state index in [-0.39, 0.29) is 24.5 Å². The molecule has 1 saturated heterocycles. The molecule has 2 aromatic carbocycles. The summed E-state index contributed by atoms with van der Waals surface area (Å²) in [7, 11) is 1.65. The molecule has 134 valence electrons. The number of hydrogen-bond donors (Lipinski definition) is 1. The lowest BCUT2D eigenvalue weighted by molar-refractivity contribution is -0.132. The van der Waals surface area contributed by atoms with Gasteiger partial charge in [-0.3, -0.25) is 4.79 Å². The maximum Gasteiger partial charge on any atom is 0.260 e. The van der Waals surface area contributed by atoms with Gasteiger partial charge in [-0.1, -0.05) is 30.3 Å². The maximum atomic E-state index is 12.6. The van der Waals surface area contributed by atoms with Gasteiger partial charge < -0.3 is 14.4 Å². The van der Waals surface area contributed by atoms with Crippen LogP contribution < -0.4 is 4.74 Å². The summed E-state index contributed by atoms with van der Waals surface area (Å²) in [6.07, 6.45) is 1.58. The Morgan fingerprint density at radius 2 is 2.08 bits per heavy atom. The van der Waals surface area contributed by atoms with Gasteiger partial charge in [-0.15, -0.1) is 0 Å². The highest BCUT2D eigenvalue weighted by Crippen LogP contribution is 2.28. The Balaban J connectivity index is 1.40. The number of carbonyl (C=O) groups is 1. The van der Waals surface area contributed by atoms with E-state index < -0.39 is 0 Å². The number of nitrogens with zero attached hydrogens (tertiary/aromatic N) is 3. The SMILES string of the molecule is CO[C@@H]1CN(C(=O)COc2ccc3ccccc3c2)C[C@H]1c1cn[nH]n1. The number of fused-ring (bicyclic) bond motifs is 1. The van der Waals surface area contributed by atoms with Gasteiger partial charge in [0.15, 0.2) is 6.61 Å². The molecule has 0 aliphatic carbocycles. The van der Waals surface area contributed by atoms with Crippen molar-refractivity contribution in [2.24, 2.45) is 0 Å². The summed E-state index contributed by atoms with van der Waals surface area (Å²) in [4.78, 5) is 14.3. The van der Waals surface area contributed by atoms with Gasteiger partial charge >= 0.3 is 0 Å². The van der Waals surface area contributed by atoms with Crippen molar-refractivity contribution < 1.29 is 14.3 Å². The Morgan fingerprint density at radius 3 is 2.85 bits per heavy atom. The fourth-order valence-corrected chi connectivity index (χ4v) is 3.38. The topological polar surface area (TPSA) is 80.3 Å². The first-order valence-electron chi connectivity index (χ1n) is 8.52. The van der Waals surface area contributed by atoms with Gasteiger partial charge in [0.1, 0.15) is 5.75 Å². The van der Waals surface area contributed by atoms with E-state index in [0.29, 0.717) is 18.8 Å². The van der Waals surface area contributed by atoms with Crippen LogP contribution in [0.5, 0.6) is 5.75 Å². The maximum absolute atomic E-state index is 12.6. The number of amides is 1. The second kappa shape index (κ2) is 7.13. The second-order valence-corrected chi connectivity index (χ2v) is 6.37. The van der Waals surface area contributed by atoms with E-state index in [9.17, 15) is 4.79 Å². The van der Waals surface area contributed by atoms with Gasteiger partial charge in [0, 0.05) is 20.2 Å². The van der Waals surface area contributed by atoms with Crippen molar-refractivity contribution in [3.05, 3.63) is 54.4 Å². The van der Waals surface area contributed by atoms with Crippen molar-refractivity contribution in [2.45, 2.75) is 12.0 Å². The summed E-state index contributed by atoms with van der Waals surface area (Å²) in [5.41, 5.74) is 0.808. The highest BCUT2D eigenvalue weighted by Gasteiger charge is 2.37. The molecule has 0 spiro atoms. The van der Waals surface area contributed by atoms with Gasteiger partial charge in [-0.2, -0.15) is 15.4 Å². The van der Waals surface area contributed by atoms with Crippen LogP contribution in [0.2, 0.25) is 0 Å². The summed E-state index contributed by atoms with van der Waals surface area (Å²) >= 11 is 0. The molecule has 0 unspecified atom stereocenters. The Hall–Kier alpha value is -2.93. The number of benzene rings is 2. The summed E-state index contributed by atoms with van der Waals surface area (Å²) in [5, 5.41) is 12.8. The molecule has 1 amide bonds. The lowest BCUT2D eigenvalue weighted by atomic mass is 10.0. The quantitative estimate of drug-likeness (QED) is 0.759. The van der Waals surface area contributed by atoms with Crippen molar-refractivity contribution in [2.75, 3.05) is 26.8 Å². The molecule has 2 heterocycles. The number of methoxy groups -OCH3 is 1. The van der Waals surface area contributed by atoms with Crippen LogP contribution in [0, 0.1) is 0 Å². The molecular weight excluding hydrogens is 332 g/mol. The van der Waals surface area contributed by atoms with Crippen LogP contribution in [0.25, 0.3) is 10.8 Å². The lowest BCUT2D eigenvalue weighted by Crippen LogP contribution is -2.33. The molecule has 4 rings (SSSR count). The number of rotatable bonds is 5. The fraction of sp³-hybridized carbons (Fsp3) is 0.316. The van der Waals surface area contributed by atoms with E-state index in [4.69, 9.17) is 9.47 Å². The van der Waals surface area contributed by atoms with E-state index >= 15 is 0 Å². The van der Waals surface area contributed by atoms with Gasteiger partial charge in [-0.05, 0) is 22.9 Å². The molecule has 7 nitrogen and oxygen atoms in total. The largest absolute Gasteiger partial charge is 0.484 e. The zero-order valence-corrected chi connectivity index (χ0v) is 14.5. The van der Waals surface area contributed by atoms with E-state index in [1.54, 1.807) is 18.2 Å². The first kappa shape index (κ1) is 16.5. The van der Waals surface area contributed by atoms with E-state index in [2.05, 4.69) is 15.4 Å². The van der Waals surface area contributed by atoms with Crippen molar-refractivity contribution >= 4 is 16.7 Å². The molecular formula is C19H20N4O3. The molecule has 1 fully saturated rings. The van der Waals surface area contributed by atoms with Crippen molar-refractivity contribution in [3.63, 3.8) is 0 Å². The van der Waals surface area contributed by atoms with Crippen LogP contribution >= 0.6 is 0 Å². The number of hydrogen-bond acceptors (Lipinski definition) is 5. The molecule has 0 radical (unpaired) electrons. The summed E-state index contributed by atoms with van der Waals surface area (Å²) < 4.78 is 11.2. The van der Waals surface area contributed by atoms with Crippen LogP contribution in [0.3, 0.4) is 0 Å². The van der Waals surface area contributed by atoms with E-state index in [0.717, 1.165) is 16.5 Å². The normalized spacial score (nSPS) is 19.8. The predicted octanol–water partition coefficient (Wildman–Crippen LogP) is 1.98. The standard InChI is InChI=1S/C19H20N4O3/c1-25-18-11-23(10-16(18)17-9-20-22-21-17)19(24)12-26-15-7-6-13-4-2-3-5-14(13)8-15/h2-9,16,18H,10-12H2,1H3,(H,20,21,22)/t16-,18+/m0/s1. The number of ether oxygens (including phenoxy) is 2. The number of aromatic amines is 1. The highest BCUT2D eigenvalue weighted by atomic mass is 16.5. The van der Waals surface area contributed by atoms with Crippen molar-refractivity contribution in [3.8, 4) is 5.75 Å². The zero-order chi connectivity index (χ0) is 17.9. The highest BCUT2D eigenvalue weighted by molar-refractivity contribution is 5.84. The molecule has 0 saturated carbocycles. The molecule has 26 heavy (non-hydrogen) atoms. The van der Waals surface area contributed by atoms with Gasteiger partial charge in [0.25, 0.3) is 5.91 Å². The first-order valence-corrected chi connectivity index (χ1v) is 8.52. The minimum atomic E-state index is -0.0929. The van der Waals surface area contributed by atoms with Gasteiger partial charge in [-0.25, -0.2) is 0 Å². The molecule has 1 aromatic heterocycles. The third-order valence-electron chi connectivity index (χ3n) is 4.82. The van der Waals surface area contributed by atoms with E-state index in [1.165, 1.54) is 0 Å². The minimum absolute atomic E-state index is 0.000308. The van der Waals surface area contributed by atoms with Crippen LogP contribution in [-0.2, 0) is 9.53 Å². The van der Waals surface area contributed by atoms with Crippen LogP contribution in [0.4, 0.5) is 0 Å². The number of H-pyrrole nitrogens is 1. The van der Waals surface area contributed by atoms with Gasteiger partial charge in [0.2, 0.25) is 0 Å². The van der Waals surface area contributed by atoms with Crippen molar-refractivity contribution in [1.29, 1.82) is 0 Å². The second-order valence-electron chi connectivity index (χ2n) is 6.37. The molecule has 2 atom stereocenters. The Morgan fingerprint density at radius 1 is 1.23 bits per heavy atom. The monoisotopic (exact) mass is 352 g/mol. The lowest BCUT2D eigenvalue weighted by Gasteiger charge is -2.16. The number of aromatic nitrogens is 3. The molecule has 7 heteroatoms. The summed E-state index contributed by atoms with van der Waals surface area (Å²) in [6, 6.07) is 13.9. The first-order chi connectivity index (χ1) is 12.7. The van der Waals surface area contributed by atoms with Crippen LogP contribution in [0.15, 0.2) is 48.7 Å². The summed E-state index contributed by atoms with van der Waals surface area (Å²) in [5.74, 6) is 0.641. The zero-order valence-electron chi connectivity index (χ0n) is 14.5. The Labute approximate surface area is 150 Å². The minimum Gasteiger partial charge on any atom is -0.484 e. The third-order valence-corrected chi connectivity index (χ3v) is 4.82. The Bertz CT molecular complexity index is 897. The number of nitrogens with one attached hydrogen (secondary N) is 1. The number of likely N-dealkylation sites (tertiary alicyclic amines) is 1. The molecule has 3 aromatic rings. The smallest absolute Gasteiger partial charge is 0.260 e. The average molecular weight is 352 g/mol. The molecule has 1 N–H and O–H groups in total. The van der Waals surface area contributed by atoms with Gasteiger partial charge in [0.05, 0.1) is 23.9 Å². The van der Waals surface area contributed by atoms with E-state index in [1.807, 2.05) is 42.5 Å². The number of carbonyl (C=O) groups excluding carboxylic acids is 1. The average Bonchev–Trinajstić information content (AvgIpc) is 3.35.